The third-order valence-electron chi connectivity index (χ3n) is 4.63. The summed E-state index contributed by atoms with van der Waals surface area (Å²) in [4.78, 5) is 17.9. The molecule has 0 radical (unpaired) electrons. The smallest absolute Gasteiger partial charge is 0.222 e. The van der Waals surface area contributed by atoms with Crippen LogP contribution in [-0.2, 0) is 24.3 Å². The average Bonchev–Trinajstić information content (AvgIpc) is 3.21. The van der Waals surface area contributed by atoms with E-state index in [-0.39, 0.29) is 5.91 Å². The first-order chi connectivity index (χ1) is 11.7. The van der Waals surface area contributed by atoms with Crippen molar-refractivity contribution in [2.75, 3.05) is 6.54 Å². The third kappa shape index (κ3) is 2.91. The van der Waals surface area contributed by atoms with Crippen molar-refractivity contribution in [3.05, 3.63) is 52.9 Å². The maximum atomic E-state index is 12.5. The molecule has 3 heterocycles. The molecule has 6 heteroatoms. The molecule has 24 heavy (non-hydrogen) atoms. The maximum absolute atomic E-state index is 12.5. The van der Waals surface area contributed by atoms with E-state index in [1.807, 2.05) is 40.0 Å². The Morgan fingerprint density at radius 2 is 2.29 bits per heavy atom. The molecule has 1 aromatic carbocycles. The summed E-state index contributed by atoms with van der Waals surface area (Å²) in [6.07, 6.45) is 5.91. The predicted molar refractivity (Wildman–Crippen MR) is 93.9 cm³/mol. The van der Waals surface area contributed by atoms with Crippen molar-refractivity contribution in [1.82, 2.24) is 19.7 Å². The van der Waals surface area contributed by atoms with Gasteiger partial charge < -0.3 is 9.88 Å². The molecule has 5 nitrogen and oxygen atoms in total. The first-order valence-corrected chi connectivity index (χ1v) is 8.63. The average molecular weight is 343 g/mol. The van der Waals surface area contributed by atoms with Gasteiger partial charge >= 0.3 is 0 Å². The molecule has 124 valence electrons. The van der Waals surface area contributed by atoms with Gasteiger partial charge in [-0.1, -0.05) is 11.6 Å². The monoisotopic (exact) mass is 342 g/mol. The number of aromatic amines is 1. The number of amides is 1. The van der Waals surface area contributed by atoms with Crippen molar-refractivity contribution in [2.45, 2.75) is 32.4 Å². The number of halogens is 1. The van der Waals surface area contributed by atoms with Gasteiger partial charge in [-0.25, -0.2) is 0 Å². The third-order valence-corrected chi connectivity index (χ3v) is 4.86. The van der Waals surface area contributed by atoms with Crippen LogP contribution >= 0.6 is 11.6 Å². The summed E-state index contributed by atoms with van der Waals surface area (Å²) < 4.78 is 1.86. The first kappa shape index (κ1) is 15.3. The summed E-state index contributed by atoms with van der Waals surface area (Å²) in [6, 6.07) is 7.78. The van der Waals surface area contributed by atoms with Gasteiger partial charge in [-0.15, -0.1) is 0 Å². The van der Waals surface area contributed by atoms with Gasteiger partial charge in [-0.3, -0.25) is 9.48 Å². The van der Waals surface area contributed by atoms with E-state index < -0.39 is 0 Å². The largest absolute Gasteiger partial charge is 0.358 e. The lowest BCUT2D eigenvalue weighted by Crippen LogP contribution is -2.35. The molecule has 0 saturated carbocycles. The van der Waals surface area contributed by atoms with Crippen LogP contribution in [0.25, 0.3) is 10.9 Å². The van der Waals surface area contributed by atoms with Crippen LogP contribution in [0.4, 0.5) is 0 Å². The van der Waals surface area contributed by atoms with E-state index >= 15 is 0 Å². The van der Waals surface area contributed by atoms with E-state index in [4.69, 9.17) is 11.6 Å². The van der Waals surface area contributed by atoms with Crippen LogP contribution in [0, 0.1) is 0 Å². The minimum absolute atomic E-state index is 0.212. The highest BCUT2D eigenvalue weighted by Gasteiger charge is 2.23. The maximum Gasteiger partial charge on any atom is 0.222 e. The molecule has 0 saturated heterocycles. The van der Waals surface area contributed by atoms with Gasteiger partial charge in [0, 0.05) is 72.1 Å². The van der Waals surface area contributed by atoms with Crippen LogP contribution in [0.2, 0.25) is 5.02 Å². The lowest BCUT2D eigenvalue weighted by Gasteiger charge is -2.27. The van der Waals surface area contributed by atoms with Crippen molar-refractivity contribution in [3.8, 4) is 0 Å². The molecule has 0 spiro atoms. The molecule has 0 bridgehead atoms. The van der Waals surface area contributed by atoms with Crippen LogP contribution in [0.15, 0.2) is 36.7 Å². The van der Waals surface area contributed by atoms with Crippen LogP contribution in [0.3, 0.4) is 0 Å². The zero-order chi connectivity index (χ0) is 16.5. The molecule has 1 aliphatic heterocycles. The molecule has 1 N–H and O–H groups in total. The molecule has 0 unspecified atom stereocenters. The van der Waals surface area contributed by atoms with E-state index in [1.54, 1.807) is 6.20 Å². The summed E-state index contributed by atoms with van der Waals surface area (Å²) in [5.74, 6) is 0.212. The van der Waals surface area contributed by atoms with E-state index in [0.29, 0.717) is 13.0 Å². The van der Waals surface area contributed by atoms with Crippen LogP contribution in [0.5, 0.6) is 0 Å². The van der Waals surface area contributed by atoms with Crippen molar-refractivity contribution in [3.63, 3.8) is 0 Å². The fourth-order valence-electron chi connectivity index (χ4n) is 3.38. The Labute approximate surface area is 145 Å². The highest BCUT2D eigenvalue weighted by molar-refractivity contribution is 6.31. The zero-order valence-corrected chi connectivity index (χ0v) is 14.1. The van der Waals surface area contributed by atoms with Gasteiger partial charge in [0.15, 0.2) is 0 Å². The number of hydrogen-bond donors (Lipinski definition) is 1. The highest BCUT2D eigenvalue weighted by atomic mass is 35.5. The summed E-state index contributed by atoms with van der Waals surface area (Å²) in [6.45, 7) is 2.21. The van der Waals surface area contributed by atoms with E-state index in [2.05, 4.69) is 10.1 Å². The molecule has 1 aliphatic rings. The molecule has 0 atom stereocenters. The molecule has 0 aliphatic carbocycles. The standard InChI is InChI=1S/C18H19ClN4O/c19-13-4-5-16-14(11-13)15-12-22(10-6-17(15)21-16)18(24)3-1-8-23-9-2-7-20-23/h2,4-5,7,9,11,21H,1,3,6,8,10,12H2. The second kappa shape index (κ2) is 6.32. The number of carbonyl (C=O) groups is 1. The zero-order valence-electron chi connectivity index (χ0n) is 13.3. The topological polar surface area (TPSA) is 53.9 Å². The quantitative estimate of drug-likeness (QED) is 0.790. The van der Waals surface area contributed by atoms with E-state index in [1.165, 1.54) is 11.3 Å². The summed E-state index contributed by atoms with van der Waals surface area (Å²) in [7, 11) is 0. The van der Waals surface area contributed by atoms with Crippen molar-refractivity contribution >= 4 is 28.4 Å². The van der Waals surface area contributed by atoms with Crippen LogP contribution in [0.1, 0.15) is 24.1 Å². The van der Waals surface area contributed by atoms with Crippen molar-refractivity contribution in [2.24, 2.45) is 0 Å². The number of aryl methyl sites for hydroxylation is 1. The first-order valence-electron chi connectivity index (χ1n) is 8.25. The summed E-state index contributed by atoms with van der Waals surface area (Å²) in [5, 5.41) is 6.03. The Morgan fingerprint density at radius 3 is 3.12 bits per heavy atom. The fourth-order valence-corrected chi connectivity index (χ4v) is 3.55. The summed E-state index contributed by atoms with van der Waals surface area (Å²) in [5.41, 5.74) is 3.53. The Hall–Kier alpha value is -2.27. The normalized spacial score (nSPS) is 14.1. The number of nitrogens with one attached hydrogen (secondary N) is 1. The second-order valence-corrected chi connectivity index (χ2v) is 6.65. The molecular formula is C18H19ClN4O. The highest BCUT2D eigenvalue weighted by Crippen LogP contribution is 2.30. The van der Waals surface area contributed by atoms with Gasteiger partial charge in [0.25, 0.3) is 0 Å². The predicted octanol–water partition coefficient (Wildman–Crippen LogP) is 3.38. The number of rotatable bonds is 4. The van der Waals surface area contributed by atoms with E-state index in [9.17, 15) is 4.79 Å². The van der Waals surface area contributed by atoms with Crippen LogP contribution in [-0.4, -0.2) is 32.1 Å². The number of H-pyrrole nitrogens is 1. The van der Waals surface area contributed by atoms with Gasteiger partial charge in [-0.05, 0) is 30.7 Å². The SMILES string of the molecule is O=C(CCCn1cccn1)N1CCc2[nH]c3ccc(Cl)cc3c2C1. The molecule has 0 fully saturated rings. The van der Waals surface area contributed by atoms with Crippen molar-refractivity contribution < 1.29 is 4.79 Å². The van der Waals surface area contributed by atoms with Crippen LogP contribution < -0.4 is 0 Å². The number of nitrogens with zero attached hydrogens (tertiary/aromatic N) is 3. The Bertz CT molecular complexity index is 869. The fraction of sp³-hybridized carbons (Fsp3) is 0.333. The van der Waals surface area contributed by atoms with Crippen molar-refractivity contribution in [1.29, 1.82) is 0 Å². The Balaban J connectivity index is 1.44. The molecule has 4 rings (SSSR count). The second-order valence-electron chi connectivity index (χ2n) is 6.21. The van der Waals surface area contributed by atoms with E-state index in [0.717, 1.165) is 41.9 Å². The van der Waals surface area contributed by atoms with Gasteiger partial charge in [0.1, 0.15) is 0 Å². The van der Waals surface area contributed by atoms with Gasteiger partial charge in [-0.2, -0.15) is 5.10 Å². The molecule has 1 amide bonds. The lowest BCUT2D eigenvalue weighted by molar-refractivity contribution is -0.132. The summed E-state index contributed by atoms with van der Waals surface area (Å²) >= 11 is 6.13. The molecular weight excluding hydrogens is 324 g/mol. The number of benzene rings is 1. The Kier molecular flexibility index (Phi) is 4.02. The lowest BCUT2D eigenvalue weighted by atomic mass is 10.0. The van der Waals surface area contributed by atoms with Gasteiger partial charge in [0.05, 0.1) is 0 Å². The molecule has 3 aromatic rings. The number of fused-ring (bicyclic) bond motifs is 3. The minimum Gasteiger partial charge on any atom is -0.358 e. The number of carbonyl (C=O) groups excluding carboxylic acids is 1. The molecule has 2 aromatic heterocycles. The Morgan fingerprint density at radius 1 is 1.38 bits per heavy atom. The number of aromatic nitrogens is 3. The van der Waals surface area contributed by atoms with Gasteiger partial charge in [0.2, 0.25) is 5.91 Å². The number of hydrogen-bond acceptors (Lipinski definition) is 2. The minimum atomic E-state index is 0.212.